The van der Waals surface area contributed by atoms with Crippen LogP contribution in [-0.2, 0) is 24.3 Å². The Morgan fingerprint density at radius 1 is 1.07 bits per heavy atom. The third-order valence-corrected chi connectivity index (χ3v) is 7.89. The van der Waals surface area contributed by atoms with Crippen molar-refractivity contribution in [3.63, 3.8) is 0 Å². The number of nitrogens with two attached hydrogens (primary N) is 1. The van der Waals surface area contributed by atoms with E-state index in [0.29, 0.717) is 22.3 Å². The average Bonchev–Trinajstić information content (AvgIpc) is 3.28. The molecule has 2 aromatic heterocycles. The van der Waals surface area contributed by atoms with Gasteiger partial charge in [-0.25, -0.2) is 18.2 Å². The highest BCUT2D eigenvalue weighted by Crippen LogP contribution is 2.31. The molecule has 4 aromatic rings. The summed E-state index contributed by atoms with van der Waals surface area (Å²) < 4.78 is 34.8. The summed E-state index contributed by atoms with van der Waals surface area (Å²) >= 11 is 12.0. The molecule has 10 nitrogen and oxygen atoms in total. The van der Waals surface area contributed by atoms with Crippen molar-refractivity contribution in [3.05, 3.63) is 82.6 Å². The number of hydrogen-bond donors (Lipinski definition) is 2. The first-order chi connectivity index (χ1) is 18.7. The topological polar surface area (TPSA) is 145 Å². The van der Waals surface area contributed by atoms with Crippen molar-refractivity contribution in [2.45, 2.75) is 37.3 Å². The largest absolute Gasteiger partial charge is 0.480 e. The number of esters is 1. The van der Waals surface area contributed by atoms with Crippen LogP contribution in [0.1, 0.15) is 32.4 Å². The minimum atomic E-state index is -4.34. The molecule has 0 aliphatic heterocycles. The minimum Gasteiger partial charge on any atom is -0.480 e. The van der Waals surface area contributed by atoms with Gasteiger partial charge in [0, 0.05) is 27.8 Å². The number of carboxylic acids is 1. The van der Waals surface area contributed by atoms with Crippen molar-refractivity contribution < 1.29 is 27.9 Å². The van der Waals surface area contributed by atoms with Gasteiger partial charge in [-0.1, -0.05) is 23.2 Å². The number of aromatic nitrogens is 2. The number of benzene rings is 2. The lowest BCUT2D eigenvalue weighted by molar-refractivity contribution is -0.156. The number of pyridine rings is 1. The number of ether oxygens (including phenoxy) is 1. The van der Waals surface area contributed by atoms with E-state index in [1.807, 2.05) is 0 Å². The van der Waals surface area contributed by atoms with E-state index in [0.717, 1.165) is 4.31 Å². The third kappa shape index (κ3) is 6.39. The molecular formula is C27H26Cl2N4O6S. The molecule has 0 fully saturated rings. The molecule has 0 spiro atoms. The molecule has 13 heteroatoms. The summed E-state index contributed by atoms with van der Waals surface area (Å²) in [4.78, 5) is 28.3. The van der Waals surface area contributed by atoms with E-state index in [-0.39, 0.29) is 20.6 Å². The molecule has 0 saturated heterocycles. The fourth-order valence-electron chi connectivity index (χ4n) is 3.99. The maximum Gasteiger partial charge on any atom is 0.328 e. The van der Waals surface area contributed by atoms with Crippen LogP contribution in [0, 0.1) is 0 Å². The maximum atomic E-state index is 13.5. The number of aliphatic carboxylic acids is 1. The number of nitrogens with zero attached hydrogens (tertiary/aromatic N) is 3. The van der Waals surface area contributed by atoms with E-state index < -0.39 is 40.1 Å². The Morgan fingerprint density at radius 3 is 2.38 bits per heavy atom. The molecule has 3 N–H and O–H groups in total. The highest BCUT2D eigenvalue weighted by Gasteiger charge is 2.29. The van der Waals surface area contributed by atoms with Gasteiger partial charge in [0.05, 0.1) is 16.1 Å². The number of fused-ring (bicyclic) bond motifs is 1. The van der Waals surface area contributed by atoms with Gasteiger partial charge in [-0.3, -0.25) is 9.10 Å². The zero-order chi connectivity index (χ0) is 29.4. The summed E-state index contributed by atoms with van der Waals surface area (Å²) in [6.45, 7) is 4.43. The van der Waals surface area contributed by atoms with Crippen LogP contribution >= 0.6 is 23.2 Å². The van der Waals surface area contributed by atoms with Gasteiger partial charge < -0.3 is 20.1 Å². The van der Waals surface area contributed by atoms with E-state index in [1.54, 1.807) is 61.9 Å². The highest BCUT2D eigenvalue weighted by atomic mass is 35.5. The maximum absolute atomic E-state index is 13.5. The number of carboxylic acid groups (broad SMARTS) is 1. The van der Waals surface area contributed by atoms with E-state index in [9.17, 15) is 23.1 Å². The summed E-state index contributed by atoms with van der Waals surface area (Å²) in [6, 6.07) is 12.4. The SMILES string of the molecule is CC(C)(C)OC(=O)C(N)c1ccnc(-n2ccc3cc(N(CC(=O)O)S(=O)(=O)c4cc(Cl)cc(Cl)c4)ccc32)c1. The molecule has 210 valence electrons. The van der Waals surface area contributed by atoms with Crippen LogP contribution in [0.25, 0.3) is 16.7 Å². The zero-order valence-corrected chi connectivity index (χ0v) is 24.0. The summed E-state index contributed by atoms with van der Waals surface area (Å²) in [5.74, 6) is -1.47. The standard InChI is InChI=1S/C27H26Cl2N4O6S/c1-27(2,3)39-26(36)25(30)17-6-8-31-23(11-17)32-9-7-16-10-20(4-5-22(16)32)33(15-24(34)35)40(37,38)21-13-18(28)12-19(29)14-21/h4-14,25H,15,30H2,1-3H3,(H,34,35). The van der Waals surface area contributed by atoms with Crippen molar-refractivity contribution >= 4 is 61.8 Å². The summed E-state index contributed by atoms with van der Waals surface area (Å²) in [5.41, 5.74) is 6.72. The van der Waals surface area contributed by atoms with Gasteiger partial charge in [-0.15, -0.1) is 0 Å². The van der Waals surface area contributed by atoms with Gasteiger partial charge in [-0.05, 0) is 80.9 Å². The van der Waals surface area contributed by atoms with Gasteiger partial charge in [0.1, 0.15) is 24.0 Å². The van der Waals surface area contributed by atoms with Crippen LogP contribution < -0.4 is 10.0 Å². The Morgan fingerprint density at radius 2 is 1.75 bits per heavy atom. The Labute approximate surface area is 240 Å². The Kier molecular flexibility index (Phi) is 8.13. The highest BCUT2D eigenvalue weighted by molar-refractivity contribution is 7.92. The summed E-state index contributed by atoms with van der Waals surface area (Å²) in [5, 5.41) is 10.3. The number of carbonyl (C=O) groups excluding carboxylic acids is 1. The Balaban J connectivity index is 1.72. The zero-order valence-electron chi connectivity index (χ0n) is 21.7. The summed E-state index contributed by atoms with van der Waals surface area (Å²) in [7, 11) is -4.34. The third-order valence-electron chi connectivity index (χ3n) is 5.70. The fraction of sp³-hybridized carbons (Fsp3) is 0.222. The van der Waals surface area contributed by atoms with Crippen LogP contribution in [0.15, 0.2) is 71.9 Å². The lowest BCUT2D eigenvalue weighted by Crippen LogP contribution is -2.35. The molecule has 1 atom stereocenters. The number of sulfonamides is 1. The molecule has 2 aromatic carbocycles. The van der Waals surface area contributed by atoms with Gasteiger partial charge in [0.2, 0.25) is 0 Å². The Bertz CT molecular complexity index is 1700. The lowest BCUT2D eigenvalue weighted by Gasteiger charge is -2.23. The van der Waals surface area contributed by atoms with Crippen LogP contribution in [0.2, 0.25) is 10.0 Å². The second-order valence-electron chi connectivity index (χ2n) is 9.90. The molecule has 2 heterocycles. The molecule has 0 aliphatic carbocycles. The second-order valence-corrected chi connectivity index (χ2v) is 12.6. The quantitative estimate of drug-likeness (QED) is 0.269. The van der Waals surface area contributed by atoms with Crippen molar-refractivity contribution in [1.82, 2.24) is 9.55 Å². The first-order valence-electron chi connectivity index (χ1n) is 11.9. The molecule has 40 heavy (non-hydrogen) atoms. The fourth-order valence-corrected chi connectivity index (χ4v) is 6.12. The molecule has 0 radical (unpaired) electrons. The molecule has 0 amide bonds. The molecule has 1 unspecified atom stereocenters. The van der Waals surface area contributed by atoms with Gasteiger partial charge in [0.25, 0.3) is 10.0 Å². The van der Waals surface area contributed by atoms with E-state index in [4.69, 9.17) is 33.7 Å². The molecule has 4 rings (SSSR count). The van der Waals surface area contributed by atoms with Crippen LogP contribution in [0.4, 0.5) is 5.69 Å². The number of hydrogen-bond acceptors (Lipinski definition) is 7. The molecule has 0 bridgehead atoms. The van der Waals surface area contributed by atoms with Crippen molar-refractivity contribution in [3.8, 4) is 5.82 Å². The number of halogens is 2. The Hall–Kier alpha value is -3.64. The predicted molar refractivity (Wildman–Crippen MR) is 152 cm³/mol. The van der Waals surface area contributed by atoms with Crippen LogP contribution in [0.3, 0.4) is 0 Å². The van der Waals surface area contributed by atoms with E-state index >= 15 is 0 Å². The number of anilines is 1. The second kappa shape index (κ2) is 11.1. The normalized spacial score (nSPS) is 12.8. The number of carbonyl (C=O) groups is 2. The van der Waals surface area contributed by atoms with E-state index in [1.165, 1.54) is 30.5 Å². The smallest absolute Gasteiger partial charge is 0.328 e. The number of rotatable bonds is 8. The predicted octanol–water partition coefficient (Wildman–Crippen LogP) is 4.95. The van der Waals surface area contributed by atoms with Crippen LogP contribution in [-0.4, -0.2) is 47.2 Å². The van der Waals surface area contributed by atoms with Crippen LogP contribution in [0.5, 0.6) is 0 Å². The van der Waals surface area contributed by atoms with Crippen molar-refractivity contribution in [1.29, 1.82) is 0 Å². The first-order valence-corrected chi connectivity index (χ1v) is 14.1. The van der Waals surface area contributed by atoms with Crippen molar-refractivity contribution in [2.75, 3.05) is 10.8 Å². The van der Waals surface area contributed by atoms with Crippen molar-refractivity contribution in [2.24, 2.45) is 5.73 Å². The molecule has 0 aliphatic rings. The molecular weight excluding hydrogens is 579 g/mol. The lowest BCUT2D eigenvalue weighted by atomic mass is 10.1. The minimum absolute atomic E-state index is 0.0926. The van der Waals surface area contributed by atoms with Gasteiger partial charge in [0.15, 0.2) is 0 Å². The first kappa shape index (κ1) is 29.3. The average molecular weight is 606 g/mol. The van der Waals surface area contributed by atoms with E-state index in [2.05, 4.69) is 4.98 Å². The van der Waals surface area contributed by atoms with Gasteiger partial charge >= 0.3 is 11.9 Å². The van der Waals surface area contributed by atoms with Gasteiger partial charge in [-0.2, -0.15) is 0 Å². The molecule has 0 saturated carbocycles. The monoisotopic (exact) mass is 604 g/mol. The summed E-state index contributed by atoms with van der Waals surface area (Å²) in [6.07, 6.45) is 3.23.